The summed E-state index contributed by atoms with van der Waals surface area (Å²) in [6.45, 7) is 3.32. The highest BCUT2D eigenvalue weighted by atomic mass is 79.9. The van der Waals surface area contributed by atoms with Gasteiger partial charge in [0.2, 0.25) is 0 Å². The highest BCUT2D eigenvalue weighted by molar-refractivity contribution is 9.10. The van der Waals surface area contributed by atoms with Gasteiger partial charge in [-0.2, -0.15) is 0 Å². The molecule has 0 aromatic heterocycles. The highest BCUT2D eigenvalue weighted by Gasteiger charge is 2.29. The first kappa shape index (κ1) is 26.3. The summed E-state index contributed by atoms with van der Waals surface area (Å²) in [5, 5.41) is 3.08. The fraction of sp³-hybridized carbons (Fsp3) is 0.269. The van der Waals surface area contributed by atoms with E-state index in [1.807, 2.05) is 35.2 Å². The fourth-order valence-electron chi connectivity index (χ4n) is 3.75. The van der Waals surface area contributed by atoms with Crippen LogP contribution < -0.4 is 26.4 Å². The number of halogens is 1. The lowest BCUT2D eigenvalue weighted by molar-refractivity contribution is 0.215. The van der Waals surface area contributed by atoms with Gasteiger partial charge in [-0.3, -0.25) is 0 Å². The Morgan fingerprint density at radius 1 is 1.09 bits per heavy atom. The summed E-state index contributed by atoms with van der Waals surface area (Å²) in [4.78, 5) is 16.4. The van der Waals surface area contributed by atoms with Crippen molar-refractivity contribution < 1.29 is 9.53 Å². The van der Waals surface area contributed by atoms with Crippen LogP contribution in [0.5, 0.6) is 5.75 Å². The number of nitrogen functional groups attached to an aromatic ring is 2. The summed E-state index contributed by atoms with van der Waals surface area (Å²) in [7, 11) is 5.85. The van der Waals surface area contributed by atoms with Gasteiger partial charge in [-0.25, -0.2) is 4.79 Å². The summed E-state index contributed by atoms with van der Waals surface area (Å²) < 4.78 is 6.13. The molecule has 1 heterocycles. The van der Waals surface area contributed by atoms with Gasteiger partial charge in [0.25, 0.3) is 0 Å². The van der Waals surface area contributed by atoms with E-state index in [9.17, 15) is 4.79 Å². The maximum Gasteiger partial charge on any atom is 0.318 e. The van der Waals surface area contributed by atoms with Crippen molar-refractivity contribution in [2.24, 2.45) is 0 Å². The topological polar surface area (TPSA) is 96.8 Å². The number of amides is 2. The number of benzene rings is 3. The van der Waals surface area contributed by atoms with Crippen LogP contribution in [0.15, 0.2) is 71.2 Å². The molecule has 1 unspecified atom stereocenters. The first-order chi connectivity index (χ1) is 16.8. The van der Waals surface area contributed by atoms with E-state index in [2.05, 4.69) is 71.6 Å². The quantitative estimate of drug-likeness (QED) is 0.300. The smallest absolute Gasteiger partial charge is 0.318 e. The predicted octanol–water partition coefficient (Wildman–Crippen LogP) is 4.72. The molecule has 9 heteroatoms. The van der Waals surface area contributed by atoms with Gasteiger partial charge in [-0.1, -0.05) is 47.0 Å². The van der Waals surface area contributed by atoms with Gasteiger partial charge in [0, 0.05) is 30.3 Å². The molecule has 3 aromatic rings. The van der Waals surface area contributed by atoms with Crippen LogP contribution in [0.3, 0.4) is 0 Å². The number of methoxy groups -OCH3 is 1. The maximum absolute atomic E-state index is 12.3. The maximum atomic E-state index is 12.3. The Kier molecular flexibility index (Phi) is 9.31. The van der Waals surface area contributed by atoms with Crippen LogP contribution in [0.1, 0.15) is 17.2 Å². The zero-order chi connectivity index (χ0) is 25.4. The van der Waals surface area contributed by atoms with E-state index in [0.717, 1.165) is 27.8 Å². The molecule has 0 saturated carbocycles. The van der Waals surface area contributed by atoms with Gasteiger partial charge < -0.3 is 31.3 Å². The molecule has 0 bridgehead atoms. The largest absolute Gasteiger partial charge is 0.497 e. The van der Waals surface area contributed by atoms with Crippen molar-refractivity contribution in [2.75, 3.05) is 43.5 Å². The van der Waals surface area contributed by atoms with Crippen LogP contribution in [-0.2, 0) is 6.54 Å². The van der Waals surface area contributed by atoms with Crippen molar-refractivity contribution in [1.29, 1.82) is 0 Å². The van der Waals surface area contributed by atoms with Crippen LogP contribution >= 0.6 is 15.9 Å². The molecule has 1 aliphatic rings. The molecular weight excluding hydrogens is 505 g/mol. The number of nitrogens with zero attached hydrogens (tertiary/aromatic N) is 2. The average Bonchev–Trinajstić information content (AvgIpc) is 3.23. The minimum absolute atomic E-state index is 0.0207. The third-order valence-electron chi connectivity index (χ3n) is 5.76. The molecule has 35 heavy (non-hydrogen) atoms. The number of carbonyl (C=O) groups excluding carboxylic acids is 1. The van der Waals surface area contributed by atoms with Gasteiger partial charge in [0.1, 0.15) is 13.0 Å². The Hall–Kier alpha value is -3.33. The van der Waals surface area contributed by atoms with E-state index >= 15 is 0 Å². The van der Waals surface area contributed by atoms with Crippen LogP contribution in [-0.4, -0.2) is 45.4 Å². The number of hydrogen-bond acceptors (Lipinski definition) is 5. The van der Waals surface area contributed by atoms with E-state index in [-0.39, 0.29) is 12.1 Å². The van der Waals surface area contributed by atoms with Crippen molar-refractivity contribution in [3.8, 4) is 5.75 Å². The van der Waals surface area contributed by atoms with Gasteiger partial charge in [0.15, 0.2) is 0 Å². The lowest BCUT2D eigenvalue weighted by atomic mass is 9.82. The molecule has 2 amide bonds. The zero-order valence-corrected chi connectivity index (χ0v) is 22.0. The first-order valence-corrected chi connectivity index (χ1v) is 12.2. The Morgan fingerprint density at radius 2 is 1.77 bits per heavy atom. The second-order valence-electron chi connectivity index (χ2n) is 8.38. The van der Waals surface area contributed by atoms with Crippen LogP contribution in [0.25, 0.3) is 0 Å². The van der Waals surface area contributed by atoms with E-state index in [4.69, 9.17) is 16.2 Å². The molecule has 7 nitrogen and oxygen atoms in total. The molecule has 183 valence electrons. The van der Waals surface area contributed by atoms with E-state index in [1.165, 1.54) is 5.69 Å². The zero-order valence-electron chi connectivity index (χ0n) is 20.4. The van der Waals surface area contributed by atoms with Gasteiger partial charge >= 0.3 is 6.03 Å². The lowest BCUT2D eigenvalue weighted by Gasteiger charge is -2.19. The van der Waals surface area contributed by atoms with Crippen molar-refractivity contribution in [2.45, 2.75) is 19.4 Å². The van der Waals surface area contributed by atoms with E-state index < -0.39 is 0 Å². The second kappa shape index (κ2) is 12.4. The molecule has 1 fully saturated rings. The van der Waals surface area contributed by atoms with Crippen molar-refractivity contribution in [3.63, 3.8) is 0 Å². The highest BCUT2D eigenvalue weighted by Crippen LogP contribution is 2.24. The molecule has 1 atom stereocenters. The van der Waals surface area contributed by atoms with Gasteiger partial charge in [-0.05, 0) is 60.0 Å². The minimum atomic E-state index is -0.0207. The predicted molar refractivity (Wildman–Crippen MR) is 149 cm³/mol. The van der Waals surface area contributed by atoms with Crippen molar-refractivity contribution >= 4 is 46.3 Å². The third kappa shape index (κ3) is 7.33. The number of ether oxygens (including phenoxy) is 1. The van der Waals surface area contributed by atoms with Crippen molar-refractivity contribution in [1.82, 2.24) is 10.2 Å². The third-order valence-corrected chi connectivity index (χ3v) is 6.26. The van der Waals surface area contributed by atoms with Gasteiger partial charge in [-0.15, -0.1) is 0 Å². The summed E-state index contributed by atoms with van der Waals surface area (Å²) in [6.07, 6.45) is 0.912. The van der Waals surface area contributed by atoms with Crippen LogP contribution in [0.2, 0.25) is 6.82 Å². The number of hydrogen-bond donors (Lipinski definition) is 3. The summed E-state index contributed by atoms with van der Waals surface area (Å²) >= 11 is 3.26. The summed E-state index contributed by atoms with van der Waals surface area (Å²) in [5.74, 6) is 0.822. The fourth-order valence-corrected chi connectivity index (χ4v) is 4.13. The molecular formula is C26H32BBrN5O2. The number of rotatable bonds is 7. The Labute approximate surface area is 216 Å². The van der Waals surface area contributed by atoms with Crippen molar-refractivity contribution in [3.05, 3.63) is 82.3 Å². The van der Waals surface area contributed by atoms with E-state index in [0.29, 0.717) is 24.5 Å². The van der Waals surface area contributed by atoms with Gasteiger partial charge in [0.05, 0.1) is 24.5 Å². The molecule has 0 aliphatic carbocycles. The first-order valence-electron chi connectivity index (χ1n) is 11.4. The number of nitrogens with one attached hydrogen (secondary N) is 1. The molecule has 0 spiro atoms. The lowest BCUT2D eigenvalue weighted by Crippen LogP contribution is -2.27. The molecule has 1 radical (unpaired) electrons. The Bertz CT molecular complexity index is 1110. The SMILES string of the molecule is C[B]CN(C)c1ccc(C2CN(Cc3ccc(OC)cc3)C(=O)N2)cc1.Nc1ccc(Br)cc1N. The molecule has 4 rings (SSSR count). The Balaban J connectivity index is 0.000000320. The molecule has 1 aliphatic heterocycles. The molecule has 1 saturated heterocycles. The number of nitrogens with two attached hydrogens (primary N) is 2. The van der Waals surface area contributed by atoms with E-state index in [1.54, 1.807) is 19.2 Å². The van der Waals surface area contributed by atoms with Crippen LogP contribution in [0, 0.1) is 0 Å². The second-order valence-corrected chi connectivity index (χ2v) is 9.30. The summed E-state index contributed by atoms with van der Waals surface area (Å²) in [6, 6.07) is 21.6. The molecule has 3 aromatic carbocycles. The number of carbonyl (C=O) groups is 1. The monoisotopic (exact) mass is 536 g/mol. The summed E-state index contributed by atoms with van der Waals surface area (Å²) in [5.41, 5.74) is 15.5. The van der Waals surface area contributed by atoms with Crippen LogP contribution in [0.4, 0.5) is 21.9 Å². The molecule has 5 N–H and O–H groups in total. The number of urea groups is 1. The minimum Gasteiger partial charge on any atom is -0.497 e. The number of anilines is 3. The Morgan fingerprint density at radius 3 is 2.34 bits per heavy atom. The average molecular weight is 537 g/mol. The normalized spacial score (nSPS) is 14.6. The standard InChI is InChI=1S/C20H25BN3O2.C6H7BrN2/c1-21-14-23(2)17-8-6-16(7-9-17)19-13-24(20(25)22-19)12-15-4-10-18(26-3)11-5-15;7-4-1-2-5(8)6(9)3-4/h4-11,19H,12-14H2,1-3H3,(H,22,25);1-3H,8-9H2.